The maximum absolute atomic E-state index is 11.3. The van der Waals surface area contributed by atoms with Gasteiger partial charge in [-0.25, -0.2) is 0 Å². The van der Waals surface area contributed by atoms with Gasteiger partial charge in [-0.1, -0.05) is 0 Å². The fraction of sp³-hybridized carbons (Fsp3) is 0.444. The van der Waals surface area contributed by atoms with E-state index < -0.39 is 10.1 Å². The molecule has 1 N–H and O–H groups in total. The minimum Gasteiger partial charge on any atom is -0.378 e. The molecule has 2 heterocycles. The van der Waals surface area contributed by atoms with Crippen molar-refractivity contribution in [2.24, 2.45) is 0 Å². The van der Waals surface area contributed by atoms with Gasteiger partial charge in [0.15, 0.2) is 0 Å². The average Bonchev–Trinajstić information content (AvgIpc) is 2.28. The molecule has 1 aromatic rings. The van der Waals surface area contributed by atoms with Crippen LogP contribution in [0.3, 0.4) is 0 Å². The summed E-state index contributed by atoms with van der Waals surface area (Å²) in [6.07, 6.45) is 2.64. The van der Waals surface area contributed by atoms with E-state index in [4.69, 9.17) is 4.74 Å². The molecule has 17 heavy (non-hydrogen) atoms. The molecule has 6 nitrogen and oxygen atoms in total. The van der Waals surface area contributed by atoms with Gasteiger partial charge in [0, 0.05) is 19.3 Å². The number of ether oxygens (including phenoxy) is 1. The first kappa shape index (κ1) is 12.7. The lowest BCUT2D eigenvalue weighted by Crippen LogP contribution is -2.37. The van der Waals surface area contributed by atoms with Crippen LogP contribution in [0, 0.1) is 0 Å². The van der Waals surface area contributed by atoms with E-state index in [-0.39, 0.29) is 4.90 Å². The molecular formula is C9H11BrN2O4S. The summed E-state index contributed by atoms with van der Waals surface area (Å²) in [4.78, 5) is 5.42. The Labute approximate surface area is 107 Å². The molecule has 1 aliphatic rings. The van der Waals surface area contributed by atoms with Gasteiger partial charge in [0.1, 0.15) is 4.90 Å². The van der Waals surface area contributed by atoms with Gasteiger partial charge in [-0.05, 0) is 15.9 Å². The van der Waals surface area contributed by atoms with Crippen molar-refractivity contribution < 1.29 is 17.7 Å². The smallest absolute Gasteiger partial charge is 0.298 e. The molecule has 0 aromatic carbocycles. The number of anilines is 1. The number of hydrogen-bond donors (Lipinski definition) is 1. The molecule has 0 saturated carbocycles. The van der Waals surface area contributed by atoms with Crippen LogP contribution in [0.4, 0.5) is 5.69 Å². The first-order chi connectivity index (χ1) is 8.00. The van der Waals surface area contributed by atoms with Crippen molar-refractivity contribution in [1.29, 1.82) is 0 Å². The second-order valence-electron chi connectivity index (χ2n) is 3.54. The molecule has 1 fully saturated rings. The van der Waals surface area contributed by atoms with Crippen LogP contribution < -0.4 is 4.90 Å². The summed E-state index contributed by atoms with van der Waals surface area (Å²) in [5.74, 6) is 0. The molecule has 0 aliphatic carbocycles. The summed E-state index contributed by atoms with van der Waals surface area (Å²) in [6, 6.07) is 0. The predicted octanol–water partition coefficient (Wildman–Crippen LogP) is 0.927. The molecule has 1 saturated heterocycles. The summed E-state index contributed by atoms with van der Waals surface area (Å²) >= 11 is 3.25. The van der Waals surface area contributed by atoms with Crippen LogP contribution in [-0.4, -0.2) is 44.3 Å². The van der Waals surface area contributed by atoms with Crippen LogP contribution in [-0.2, 0) is 14.9 Å². The van der Waals surface area contributed by atoms with E-state index in [2.05, 4.69) is 20.9 Å². The number of halogens is 1. The Balaban J connectivity index is 2.50. The monoisotopic (exact) mass is 322 g/mol. The normalized spacial score (nSPS) is 17.2. The van der Waals surface area contributed by atoms with Crippen molar-refractivity contribution in [3.63, 3.8) is 0 Å². The summed E-state index contributed by atoms with van der Waals surface area (Å²) < 4.78 is 37.5. The highest BCUT2D eigenvalue weighted by molar-refractivity contribution is 9.10. The van der Waals surface area contributed by atoms with E-state index >= 15 is 0 Å². The fourth-order valence-electron chi connectivity index (χ4n) is 1.69. The van der Waals surface area contributed by atoms with E-state index in [0.29, 0.717) is 36.5 Å². The number of nitrogens with zero attached hydrogens (tertiary/aromatic N) is 2. The van der Waals surface area contributed by atoms with Gasteiger partial charge in [0.2, 0.25) is 0 Å². The topological polar surface area (TPSA) is 79.7 Å². The highest BCUT2D eigenvalue weighted by atomic mass is 79.9. The van der Waals surface area contributed by atoms with Crippen LogP contribution in [0.25, 0.3) is 0 Å². The Hall–Kier alpha value is -0.700. The highest BCUT2D eigenvalue weighted by Gasteiger charge is 2.24. The molecule has 0 unspecified atom stereocenters. The van der Waals surface area contributed by atoms with Crippen molar-refractivity contribution in [3.05, 3.63) is 16.9 Å². The Morgan fingerprint density at radius 3 is 2.59 bits per heavy atom. The molecule has 0 bridgehead atoms. The van der Waals surface area contributed by atoms with Gasteiger partial charge in [0.25, 0.3) is 10.1 Å². The largest absolute Gasteiger partial charge is 0.378 e. The molecule has 0 spiro atoms. The molecule has 2 rings (SSSR count). The van der Waals surface area contributed by atoms with Crippen LogP contribution >= 0.6 is 15.9 Å². The Bertz CT molecular complexity index is 514. The third-order valence-electron chi connectivity index (χ3n) is 2.44. The van der Waals surface area contributed by atoms with Crippen molar-refractivity contribution in [3.8, 4) is 0 Å². The molecule has 94 valence electrons. The van der Waals surface area contributed by atoms with Gasteiger partial charge in [-0.15, -0.1) is 0 Å². The second-order valence-corrected chi connectivity index (χ2v) is 5.79. The SMILES string of the molecule is O=S(=O)(O)c1cncc(Br)c1N1CCOCC1. The van der Waals surface area contributed by atoms with Gasteiger partial charge < -0.3 is 9.64 Å². The zero-order valence-corrected chi connectivity index (χ0v) is 11.2. The molecular weight excluding hydrogens is 312 g/mol. The minimum absolute atomic E-state index is 0.186. The van der Waals surface area contributed by atoms with Gasteiger partial charge in [-0.3, -0.25) is 9.54 Å². The van der Waals surface area contributed by atoms with Crippen molar-refractivity contribution in [1.82, 2.24) is 4.98 Å². The van der Waals surface area contributed by atoms with Crippen LogP contribution in [0.5, 0.6) is 0 Å². The van der Waals surface area contributed by atoms with Crippen LogP contribution in [0.1, 0.15) is 0 Å². The number of hydrogen-bond acceptors (Lipinski definition) is 5. The highest BCUT2D eigenvalue weighted by Crippen LogP contribution is 2.32. The van der Waals surface area contributed by atoms with Crippen molar-refractivity contribution >= 4 is 31.7 Å². The maximum Gasteiger partial charge on any atom is 0.298 e. The zero-order chi connectivity index (χ0) is 12.5. The lowest BCUT2D eigenvalue weighted by Gasteiger charge is -2.30. The fourth-order valence-corrected chi connectivity index (χ4v) is 3.08. The molecule has 1 aliphatic heterocycles. The standard InChI is InChI=1S/C9H11BrN2O4S/c10-7-5-11-6-8(17(13,14)15)9(7)12-1-3-16-4-2-12/h5-6H,1-4H2,(H,13,14,15). The van der Waals surface area contributed by atoms with E-state index in [9.17, 15) is 13.0 Å². The summed E-state index contributed by atoms with van der Waals surface area (Å²) in [5, 5.41) is 0. The van der Waals surface area contributed by atoms with E-state index in [1.54, 1.807) is 0 Å². The molecule has 0 amide bonds. The third kappa shape index (κ3) is 2.76. The molecule has 0 atom stereocenters. The van der Waals surface area contributed by atoms with E-state index in [0.717, 1.165) is 6.20 Å². The summed E-state index contributed by atoms with van der Waals surface area (Å²) in [5.41, 5.74) is 0.436. The van der Waals surface area contributed by atoms with E-state index in [1.807, 2.05) is 4.90 Å². The van der Waals surface area contributed by atoms with Gasteiger partial charge in [-0.2, -0.15) is 8.42 Å². The summed E-state index contributed by atoms with van der Waals surface area (Å²) in [7, 11) is -4.28. The molecule has 0 radical (unpaired) electrons. The number of morpholine rings is 1. The van der Waals surface area contributed by atoms with Crippen molar-refractivity contribution in [2.45, 2.75) is 4.90 Å². The Morgan fingerprint density at radius 2 is 2.00 bits per heavy atom. The summed E-state index contributed by atoms with van der Waals surface area (Å²) in [6.45, 7) is 2.20. The first-order valence-corrected chi connectivity index (χ1v) is 7.17. The maximum atomic E-state index is 11.3. The van der Waals surface area contributed by atoms with Crippen LogP contribution in [0.2, 0.25) is 0 Å². The Kier molecular flexibility index (Phi) is 3.67. The number of pyridine rings is 1. The average molecular weight is 323 g/mol. The number of aromatic nitrogens is 1. The zero-order valence-electron chi connectivity index (χ0n) is 8.84. The molecule has 8 heteroatoms. The van der Waals surface area contributed by atoms with E-state index in [1.165, 1.54) is 6.20 Å². The predicted molar refractivity (Wildman–Crippen MR) is 64.8 cm³/mol. The lowest BCUT2D eigenvalue weighted by atomic mass is 10.3. The van der Waals surface area contributed by atoms with Gasteiger partial charge >= 0.3 is 0 Å². The third-order valence-corrected chi connectivity index (χ3v) is 3.88. The molecule has 1 aromatic heterocycles. The van der Waals surface area contributed by atoms with Gasteiger partial charge in [0.05, 0.1) is 29.6 Å². The number of rotatable bonds is 2. The van der Waals surface area contributed by atoms with Crippen molar-refractivity contribution in [2.75, 3.05) is 31.2 Å². The minimum atomic E-state index is -4.28. The lowest BCUT2D eigenvalue weighted by molar-refractivity contribution is 0.122. The first-order valence-electron chi connectivity index (χ1n) is 4.94. The quantitative estimate of drug-likeness (QED) is 0.816. The Morgan fingerprint density at radius 1 is 1.35 bits per heavy atom. The second kappa shape index (κ2) is 4.89. The van der Waals surface area contributed by atoms with Crippen LogP contribution in [0.15, 0.2) is 21.8 Å².